The molecule has 0 aromatic carbocycles. The molecule has 1 N–H and O–H groups in total. The molecule has 21 heavy (non-hydrogen) atoms. The largest absolute Gasteiger partial charge is 0.315 e. The Morgan fingerprint density at radius 2 is 1.67 bits per heavy atom. The molecule has 0 spiro atoms. The van der Waals surface area contributed by atoms with E-state index in [2.05, 4.69) is 38.0 Å². The van der Waals surface area contributed by atoms with Crippen LogP contribution in [0.2, 0.25) is 0 Å². The van der Waals surface area contributed by atoms with Gasteiger partial charge >= 0.3 is 0 Å². The summed E-state index contributed by atoms with van der Waals surface area (Å²) in [4.78, 5) is 2.61. The van der Waals surface area contributed by atoms with Crippen molar-refractivity contribution in [2.75, 3.05) is 33.2 Å². The van der Waals surface area contributed by atoms with Crippen LogP contribution in [-0.2, 0) is 0 Å². The number of hydrogen-bond acceptors (Lipinski definition) is 2. The van der Waals surface area contributed by atoms with Gasteiger partial charge in [0.15, 0.2) is 0 Å². The van der Waals surface area contributed by atoms with Crippen molar-refractivity contribution in [3.63, 3.8) is 0 Å². The third-order valence-electron chi connectivity index (χ3n) is 6.44. The van der Waals surface area contributed by atoms with Crippen molar-refractivity contribution in [1.29, 1.82) is 0 Å². The Bertz CT molecular complexity index is 360. The quantitative estimate of drug-likeness (QED) is 0.716. The van der Waals surface area contributed by atoms with E-state index in [9.17, 15) is 0 Å². The van der Waals surface area contributed by atoms with Crippen LogP contribution in [-0.4, -0.2) is 38.1 Å². The van der Waals surface area contributed by atoms with Crippen LogP contribution < -0.4 is 5.32 Å². The van der Waals surface area contributed by atoms with E-state index in [-0.39, 0.29) is 0 Å². The highest BCUT2D eigenvalue weighted by Crippen LogP contribution is 2.69. The highest BCUT2D eigenvalue weighted by Gasteiger charge is 2.59. The van der Waals surface area contributed by atoms with Crippen LogP contribution in [0.5, 0.6) is 0 Å². The topological polar surface area (TPSA) is 15.3 Å². The van der Waals surface area contributed by atoms with E-state index in [1.165, 1.54) is 58.0 Å². The number of nitrogens with zero attached hydrogens (tertiary/aromatic N) is 1. The van der Waals surface area contributed by atoms with Crippen molar-refractivity contribution in [1.82, 2.24) is 10.2 Å². The molecule has 122 valence electrons. The van der Waals surface area contributed by atoms with E-state index in [1.54, 1.807) is 0 Å². The van der Waals surface area contributed by atoms with Crippen LogP contribution in [0.25, 0.3) is 0 Å². The zero-order valence-corrected chi connectivity index (χ0v) is 14.8. The molecule has 0 aliphatic heterocycles. The summed E-state index contributed by atoms with van der Waals surface area (Å²) in [5.41, 5.74) is 1.97. The van der Waals surface area contributed by atoms with E-state index in [1.807, 2.05) is 0 Å². The van der Waals surface area contributed by atoms with E-state index in [4.69, 9.17) is 0 Å². The Labute approximate surface area is 132 Å². The van der Waals surface area contributed by atoms with Gasteiger partial charge < -0.3 is 10.2 Å². The van der Waals surface area contributed by atoms with Gasteiger partial charge in [0.05, 0.1) is 0 Å². The summed E-state index contributed by atoms with van der Waals surface area (Å²) in [5, 5.41) is 3.55. The first-order valence-corrected chi connectivity index (χ1v) is 9.25. The molecule has 4 rings (SSSR count). The monoisotopic (exact) mass is 292 g/mol. The third kappa shape index (κ3) is 3.32. The first-order chi connectivity index (χ1) is 9.86. The molecule has 2 heteroatoms. The SMILES string of the molecule is CCCNCCN(C)CC12CC3CC(C)(CC(C)(C3)C1)C2. The molecule has 0 aromatic heterocycles. The number of rotatable bonds is 7. The zero-order chi connectivity index (χ0) is 15.1. The summed E-state index contributed by atoms with van der Waals surface area (Å²) in [7, 11) is 2.34. The van der Waals surface area contributed by atoms with E-state index < -0.39 is 0 Å². The molecule has 4 saturated carbocycles. The van der Waals surface area contributed by atoms with Crippen molar-refractivity contribution in [3.05, 3.63) is 0 Å². The smallest absolute Gasteiger partial charge is 0.0104 e. The number of nitrogens with one attached hydrogen (secondary N) is 1. The normalized spacial score (nSPS) is 44.7. The van der Waals surface area contributed by atoms with Crippen LogP contribution in [0, 0.1) is 22.2 Å². The molecule has 2 nitrogen and oxygen atoms in total. The lowest BCUT2D eigenvalue weighted by Crippen LogP contribution is -2.58. The predicted octanol–water partition coefficient (Wildman–Crippen LogP) is 3.91. The maximum absolute atomic E-state index is 3.55. The van der Waals surface area contributed by atoms with E-state index >= 15 is 0 Å². The van der Waals surface area contributed by atoms with Gasteiger partial charge in [-0.05, 0) is 80.7 Å². The minimum atomic E-state index is 0.641. The van der Waals surface area contributed by atoms with Crippen LogP contribution in [0.4, 0.5) is 0 Å². The van der Waals surface area contributed by atoms with Crippen LogP contribution in [0.3, 0.4) is 0 Å². The summed E-state index contributed by atoms with van der Waals surface area (Å²) in [6.07, 6.45) is 10.3. The van der Waals surface area contributed by atoms with Gasteiger partial charge in [-0.3, -0.25) is 0 Å². The molecule has 4 bridgehead atoms. The van der Waals surface area contributed by atoms with E-state index in [0.29, 0.717) is 16.2 Å². The molecule has 4 aliphatic rings. The molecule has 4 aliphatic carbocycles. The minimum absolute atomic E-state index is 0.641. The molecule has 2 atom stereocenters. The second-order valence-corrected chi connectivity index (χ2v) is 9.62. The fraction of sp³-hybridized carbons (Fsp3) is 1.00. The van der Waals surface area contributed by atoms with Crippen molar-refractivity contribution >= 4 is 0 Å². The molecule has 2 unspecified atom stereocenters. The fourth-order valence-corrected chi connectivity index (χ4v) is 7.08. The minimum Gasteiger partial charge on any atom is -0.315 e. The molecule has 4 fully saturated rings. The molecular weight excluding hydrogens is 256 g/mol. The van der Waals surface area contributed by atoms with Gasteiger partial charge in [-0.15, -0.1) is 0 Å². The fourth-order valence-electron chi connectivity index (χ4n) is 7.08. The summed E-state index contributed by atoms with van der Waals surface area (Å²) < 4.78 is 0. The average Bonchev–Trinajstić information content (AvgIpc) is 2.29. The standard InChI is InChI=1S/C19H36N2/c1-5-6-20-7-8-21(4)15-19-11-16-9-17(2,13-19)12-18(3,10-16)14-19/h16,20H,5-15H2,1-4H3. The Kier molecular flexibility index (Phi) is 4.16. The van der Waals surface area contributed by atoms with Crippen molar-refractivity contribution < 1.29 is 0 Å². The summed E-state index contributed by atoms with van der Waals surface area (Å²) in [6, 6.07) is 0. The highest BCUT2D eigenvalue weighted by atomic mass is 15.1. The summed E-state index contributed by atoms with van der Waals surface area (Å²) >= 11 is 0. The van der Waals surface area contributed by atoms with Crippen molar-refractivity contribution in [2.24, 2.45) is 22.2 Å². The highest BCUT2D eigenvalue weighted by molar-refractivity contribution is 5.10. The van der Waals surface area contributed by atoms with E-state index in [0.717, 1.165) is 19.0 Å². The zero-order valence-electron chi connectivity index (χ0n) is 14.8. The molecule has 0 aromatic rings. The molecule has 0 amide bonds. The summed E-state index contributed by atoms with van der Waals surface area (Å²) in [5.74, 6) is 1.03. The predicted molar refractivity (Wildman–Crippen MR) is 90.5 cm³/mol. The maximum atomic E-state index is 3.55. The van der Waals surface area contributed by atoms with Crippen molar-refractivity contribution in [3.8, 4) is 0 Å². The number of hydrogen-bond donors (Lipinski definition) is 1. The lowest BCUT2D eigenvalue weighted by atomic mass is 9.40. The third-order valence-corrected chi connectivity index (χ3v) is 6.44. The summed E-state index contributed by atoms with van der Waals surface area (Å²) in [6.45, 7) is 12.3. The molecule has 0 heterocycles. The van der Waals surface area contributed by atoms with Crippen LogP contribution in [0.15, 0.2) is 0 Å². The molecule has 0 saturated heterocycles. The first kappa shape index (κ1) is 15.8. The van der Waals surface area contributed by atoms with Gasteiger partial charge in [-0.2, -0.15) is 0 Å². The molecular formula is C19H36N2. The second-order valence-electron chi connectivity index (χ2n) is 9.62. The van der Waals surface area contributed by atoms with Crippen LogP contribution >= 0.6 is 0 Å². The van der Waals surface area contributed by atoms with Gasteiger partial charge in [0.25, 0.3) is 0 Å². The Morgan fingerprint density at radius 1 is 1.00 bits per heavy atom. The van der Waals surface area contributed by atoms with Crippen LogP contribution in [0.1, 0.15) is 65.7 Å². The van der Waals surface area contributed by atoms with Crippen molar-refractivity contribution in [2.45, 2.75) is 65.7 Å². The van der Waals surface area contributed by atoms with Gasteiger partial charge in [0.1, 0.15) is 0 Å². The van der Waals surface area contributed by atoms with Gasteiger partial charge in [-0.1, -0.05) is 20.8 Å². The van der Waals surface area contributed by atoms with Gasteiger partial charge in [0, 0.05) is 19.6 Å². The first-order valence-electron chi connectivity index (χ1n) is 9.25. The van der Waals surface area contributed by atoms with Gasteiger partial charge in [-0.25, -0.2) is 0 Å². The average molecular weight is 293 g/mol. The Morgan fingerprint density at radius 3 is 2.24 bits per heavy atom. The molecule has 0 radical (unpaired) electrons. The maximum Gasteiger partial charge on any atom is 0.0104 e. The number of likely N-dealkylation sites (N-methyl/N-ethyl adjacent to an activating group) is 1. The Balaban J connectivity index is 1.59. The Hall–Kier alpha value is -0.0800. The lowest BCUT2D eigenvalue weighted by molar-refractivity contribution is -0.151. The lowest BCUT2D eigenvalue weighted by Gasteiger charge is -2.66. The van der Waals surface area contributed by atoms with Gasteiger partial charge in [0.2, 0.25) is 0 Å². The second kappa shape index (κ2) is 5.53.